The molecule has 0 spiro atoms. The number of pyridine rings is 1. The van der Waals surface area contributed by atoms with Crippen LogP contribution in [0, 0.1) is 22.7 Å². The van der Waals surface area contributed by atoms with E-state index in [1.807, 2.05) is 12.3 Å². The number of aromatic nitrogens is 1. The van der Waals surface area contributed by atoms with Crippen LogP contribution in [0.1, 0.15) is 64.0 Å². The van der Waals surface area contributed by atoms with Gasteiger partial charge in [-0.2, -0.15) is 0 Å². The van der Waals surface area contributed by atoms with Crippen LogP contribution in [-0.4, -0.2) is 10.4 Å². The summed E-state index contributed by atoms with van der Waals surface area (Å²) in [5.74, 6) is 2.23. The Morgan fingerprint density at radius 3 is 2.48 bits per heavy atom. The van der Waals surface area contributed by atoms with E-state index in [2.05, 4.69) is 31.0 Å². The highest BCUT2D eigenvalue weighted by Crippen LogP contribution is 2.67. The highest BCUT2D eigenvalue weighted by Gasteiger charge is 2.58. The lowest BCUT2D eigenvalue weighted by molar-refractivity contribution is -0.105. The molecule has 1 heterocycles. The van der Waals surface area contributed by atoms with Crippen LogP contribution in [0.2, 0.25) is 0 Å². The number of nitrogens with zero attached hydrogens (tertiary/aromatic N) is 1. The summed E-state index contributed by atoms with van der Waals surface area (Å²) < 4.78 is 0. The SMILES string of the molecule is CC(c1ccccn1)C(Cl)C12CC3CC(CC(C)(C3)C1)C2. The summed E-state index contributed by atoms with van der Waals surface area (Å²) in [4.78, 5) is 4.56. The van der Waals surface area contributed by atoms with Gasteiger partial charge in [0.25, 0.3) is 0 Å². The third-order valence-electron chi connectivity index (χ3n) is 6.58. The van der Waals surface area contributed by atoms with Crippen molar-refractivity contribution in [3.05, 3.63) is 30.1 Å². The van der Waals surface area contributed by atoms with Crippen LogP contribution in [0.25, 0.3) is 0 Å². The number of halogens is 1. The molecule has 114 valence electrons. The highest BCUT2D eigenvalue weighted by atomic mass is 35.5. The molecule has 4 unspecified atom stereocenters. The summed E-state index contributed by atoms with van der Waals surface area (Å²) >= 11 is 7.11. The Bertz CT molecular complexity index is 512. The van der Waals surface area contributed by atoms with Crippen LogP contribution in [0.15, 0.2) is 24.4 Å². The second kappa shape index (κ2) is 4.72. The first-order chi connectivity index (χ1) is 10.00. The lowest BCUT2D eigenvalue weighted by Gasteiger charge is -2.63. The minimum absolute atomic E-state index is 0.234. The van der Waals surface area contributed by atoms with E-state index in [0.29, 0.717) is 16.7 Å². The van der Waals surface area contributed by atoms with E-state index in [4.69, 9.17) is 11.6 Å². The second-order valence-electron chi connectivity index (χ2n) is 8.58. The van der Waals surface area contributed by atoms with Crippen LogP contribution >= 0.6 is 11.6 Å². The Hall–Kier alpha value is -0.560. The van der Waals surface area contributed by atoms with Gasteiger partial charge in [0.2, 0.25) is 0 Å². The summed E-state index contributed by atoms with van der Waals surface area (Å²) in [5.41, 5.74) is 2.11. The molecule has 4 aliphatic carbocycles. The van der Waals surface area contributed by atoms with Crippen molar-refractivity contribution >= 4 is 11.6 Å². The van der Waals surface area contributed by atoms with E-state index < -0.39 is 0 Å². The Balaban J connectivity index is 1.63. The van der Waals surface area contributed by atoms with Gasteiger partial charge in [-0.05, 0) is 73.3 Å². The molecule has 0 amide bonds. The smallest absolute Gasteiger partial charge is 0.0473 e. The quantitative estimate of drug-likeness (QED) is 0.681. The van der Waals surface area contributed by atoms with Crippen LogP contribution in [-0.2, 0) is 0 Å². The van der Waals surface area contributed by atoms with Gasteiger partial charge < -0.3 is 0 Å². The number of rotatable bonds is 3. The Morgan fingerprint density at radius 2 is 1.90 bits per heavy atom. The van der Waals surface area contributed by atoms with Gasteiger partial charge in [-0.25, -0.2) is 0 Å². The molecule has 1 aromatic rings. The van der Waals surface area contributed by atoms with Crippen molar-refractivity contribution in [3.63, 3.8) is 0 Å². The minimum atomic E-state index is 0.234. The molecule has 0 aliphatic heterocycles. The average molecular weight is 304 g/mol. The standard InChI is InChI=1S/C19H26ClN/c1-13(16-5-3-4-6-21-16)17(20)19-10-14-7-15(11-19)9-18(2,8-14)12-19/h3-6,13-15,17H,7-12H2,1-2H3. The van der Waals surface area contributed by atoms with Crippen molar-refractivity contribution in [1.29, 1.82) is 0 Å². The van der Waals surface area contributed by atoms with Gasteiger partial charge in [-0.1, -0.05) is 19.9 Å². The molecule has 5 rings (SSSR count). The van der Waals surface area contributed by atoms with Crippen LogP contribution in [0.3, 0.4) is 0 Å². The first kappa shape index (κ1) is 14.1. The maximum atomic E-state index is 7.11. The zero-order valence-corrected chi connectivity index (χ0v) is 13.9. The zero-order chi connectivity index (χ0) is 14.7. The molecule has 4 aliphatic rings. The van der Waals surface area contributed by atoms with Crippen LogP contribution in [0.5, 0.6) is 0 Å². The van der Waals surface area contributed by atoms with Crippen LogP contribution < -0.4 is 0 Å². The van der Waals surface area contributed by atoms with Crippen molar-refractivity contribution in [2.45, 2.75) is 63.7 Å². The van der Waals surface area contributed by atoms with Gasteiger partial charge in [0.1, 0.15) is 0 Å². The van der Waals surface area contributed by atoms with Crippen molar-refractivity contribution in [2.24, 2.45) is 22.7 Å². The molecule has 1 aromatic heterocycles. The number of hydrogen-bond acceptors (Lipinski definition) is 1. The van der Waals surface area contributed by atoms with E-state index in [9.17, 15) is 0 Å². The fourth-order valence-electron chi connectivity index (χ4n) is 6.45. The fraction of sp³-hybridized carbons (Fsp3) is 0.737. The third kappa shape index (κ3) is 2.23. The summed E-state index contributed by atoms with van der Waals surface area (Å²) in [5, 5.41) is 0.234. The minimum Gasteiger partial charge on any atom is -0.261 e. The highest BCUT2D eigenvalue weighted by molar-refractivity contribution is 6.21. The molecular formula is C19H26ClN. The van der Waals surface area contributed by atoms with Gasteiger partial charge in [0.05, 0.1) is 0 Å². The number of alkyl halides is 1. The summed E-state index contributed by atoms with van der Waals surface area (Å²) in [6.07, 6.45) is 10.3. The predicted octanol–water partition coefficient (Wildman–Crippen LogP) is 5.40. The predicted molar refractivity (Wildman–Crippen MR) is 87.5 cm³/mol. The maximum Gasteiger partial charge on any atom is 0.0473 e. The Kier molecular flexibility index (Phi) is 3.16. The van der Waals surface area contributed by atoms with Gasteiger partial charge in [-0.3, -0.25) is 4.98 Å². The van der Waals surface area contributed by atoms with Crippen molar-refractivity contribution in [1.82, 2.24) is 4.98 Å². The molecule has 4 bridgehead atoms. The molecule has 0 N–H and O–H groups in total. The molecule has 21 heavy (non-hydrogen) atoms. The van der Waals surface area contributed by atoms with Crippen molar-refractivity contribution in [3.8, 4) is 0 Å². The van der Waals surface area contributed by atoms with Gasteiger partial charge in [-0.15, -0.1) is 11.6 Å². The fourth-order valence-corrected chi connectivity index (χ4v) is 6.83. The Morgan fingerprint density at radius 1 is 1.19 bits per heavy atom. The third-order valence-corrected chi connectivity index (χ3v) is 7.42. The van der Waals surface area contributed by atoms with Gasteiger partial charge in [0.15, 0.2) is 0 Å². The zero-order valence-electron chi connectivity index (χ0n) is 13.2. The van der Waals surface area contributed by atoms with Crippen molar-refractivity contribution < 1.29 is 0 Å². The van der Waals surface area contributed by atoms with E-state index in [1.54, 1.807) is 0 Å². The molecule has 4 fully saturated rings. The van der Waals surface area contributed by atoms with E-state index in [0.717, 1.165) is 11.8 Å². The molecular weight excluding hydrogens is 278 g/mol. The second-order valence-corrected chi connectivity index (χ2v) is 9.05. The molecule has 0 saturated heterocycles. The molecule has 1 nitrogen and oxygen atoms in total. The molecule has 2 heteroatoms. The lowest BCUT2D eigenvalue weighted by atomic mass is 9.43. The largest absolute Gasteiger partial charge is 0.261 e. The topological polar surface area (TPSA) is 12.9 Å². The molecule has 0 radical (unpaired) electrons. The van der Waals surface area contributed by atoms with Gasteiger partial charge in [0, 0.05) is 23.2 Å². The van der Waals surface area contributed by atoms with Crippen molar-refractivity contribution in [2.75, 3.05) is 0 Å². The monoisotopic (exact) mass is 303 g/mol. The van der Waals surface area contributed by atoms with Gasteiger partial charge >= 0.3 is 0 Å². The maximum absolute atomic E-state index is 7.11. The van der Waals surface area contributed by atoms with E-state index >= 15 is 0 Å². The summed E-state index contributed by atoms with van der Waals surface area (Å²) in [6, 6.07) is 6.22. The summed E-state index contributed by atoms with van der Waals surface area (Å²) in [6.45, 7) is 4.80. The van der Waals surface area contributed by atoms with Crippen LogP contribution in [0.4, 0.5) is 0 Å². The normalized spacial score (nSPS) is 43.8. The molecule has 4 atom stereocenters. The van der Waals surface area contributed by atoms with E-state index in [1.165, 1.54) is 44.2 Å². The van der Waals surface area contributed by atoms with E-state index in [-0.39, 0.29) is 5.38 Å². The molecule has 0 aromatic carbocycles. The lowest BCUT2D eigenvalue weighted by Crippen LogP contribution is -2.55. The number of hydrogen-bond donors (Lipinski definition) is 0. The average Bonchev–Trinajstić information content (AvgIpc) is 2.44. The molecule has 4 saturated carbocycles. The summed E-state index contributed by atoms with van der Waals surface area (Å²) in [7, 11) is 0. The Labute approximate surface area is 133 Å². The first-order valence-corrected chi connectivity index (χ1v) is 8.98. The first-order valence-electron chi connectivity index (χ1n) is 8.55.